The topological polar surface area (TPSA) is 65.6 Å². The number of urea groups is 1. The lowest BCUT2D eigenvalue weighted by atomic mass is 9.53. The van der Waals surface area contributed by atoms with E-state index in [0.29, 0.717) is 6.61 Å². The Morgan fingerprint density at radius 1 is 1.11 bits per heavy atom. The third kappa shape index (κ3) is 4.50. The number of rotatable bonds is 5. The van der Waals surface area contributed by atoms with Crippen molar-refractivity contribution in [3.05, 3.63) is 0 Å². The summed E-state index contributed by atoms with van der Waals surface area (Å²) in [7, 11) is 1.69. The van der Waals surface area contributed by atoms with Gasteiger partial charge in [-0.2, -0.15) is 0 Å². The number of methoxy groups -OCH3 is 1. The largest absolute Gasteiger partial charge is 0.383 e. The molecule has 2 amide bonds. The molecular weight excluding hydrogens is 360 g/mol. The van der Waals surface area contributed by atoms with Crippen LogP contribution >= 0.6 is 12.2 Å². The molecule has 1 heterocycles. The van der Waals surface area contributed by atoms with Gasteiger partial charge < -0.3 is 25.6 Å². The van der Waals surface area contributed by atoms with Crippen LogP contribution in [0.25, 0.3) is 0 Å². The number of amides is 2. The molecule has 5 rings (SSSR count). The van der Waals surface area contributed by atoms with Gasteiger partial charge in [-0.1, -0.05) is 0 Å². The number of hydrogen-bond acceptors (Lipinski definition) is 3. The van der Waals surface area contributed by atoms with E-state index in [2.05, 4.69) is 20.9 Å². The minimum absolute atomic E-state index is 0.0520. The lowest BCUT2D eigenvalue weighted by Gasteiger charge is -2.56. The fourth-order valence-corrected chi connectivity index (χ4v) is 6.61. The fraction of sp³-hybridized carbons (Fsp3) is 0.900. The maximum Gasteiger partial charge on any atom is 0.315 e. The summed E-state index contributed by atoms with van der Waals surface area (Å²) in [6, 6.07) is 0.299. The van der Waals surface area contributed by atoms with Crippen LogP contribution in [0, 0.1) is 17.8 Å². The van der Waals surface area contributed by atoms with Crippen molar-refractivity contribution in [1.29, 1.82) is 0 Å². The van der Waals surface area contributed by atoms with Crippen LogP contribution in [0.15, 0.2) is 0 Å². The molecule has 0 radical (unpaired) electrons. The molecule has 27 heavy (non-hydrogen) atoms. The van der Waals surface area contributed by atoms with Gasteiger partial charge in [0.05, 0.1) is 6.61 Å². The smallest absolute Gasteiger partial charge is 0.315 e. The zero-order valence-electron chi connectivity index (χ0n) is 16.5. The average Bonchev–Trinajstić information content (AvgIpc) is 2.60. The molecule has 4 bridgehead atoms. The Morgan fingerprint density at radius 2 is 1.70 bits per heavy atom. The van der Waals surface area contributed by atoms with Crippen molar-refractivity contribution in [2.45, 2.75) is 62.9 Å². The summed E-state index contributed by atoms with van der Waals surface area (Å²) >= 11 is 5.44. The van der Waals surface area contributed by atoms with E-state index in [1.165, 1.54) is 38.5 Å². The molecule has 152 valence electrons. The highest BCUT2D eigenvalue weighted by atomic mass is 32.1. The number of hydrogen-bond donors (Lipinski definition) is 3. The number of likely N-dealkylation sites (tertiary alicyclic amines) is 1. The molecular formula is C20H34N4O2S. The van der Waals surface area contributed by atoms with Gasteiger partial charge >= 0.3 is 6.03 Å². The minimum Gasteiger partial charge on any atom is -0.383 e. The van der Waals surface area contributed by atoms with Crippen LogP contribution in [0.1, 0.15) is 51.4 Å². The number of piperidine rings is 1. The maximum absolute atomic E-state index is 12.7. The fourth-order valence-electron chi connectivity index (χ4n) is 6.32. The Balaban J connectivity index is 1.20. The molecule has 0 unspecified atom stereocenters. The van der Waals surface area contributed by atoms with E-state index >= 15 is 0 Å². The predicted octanol–water partition coefficient (Wildman–Crippen LogP) is 2.24. The highest BCUT2D eigenvalue weighted by Gasteiger charge is 2.51. The summed E-state index contributed by atoms with van der Waals surface area (Å²) in [6.07, 6.45) is 9.70. The van der Waals surface area contributed by atoms with Crippen molar-refractivity contribution in [2.24, 2.45) is 17.8 Å². The van der Waals surface area contributed by atoms with E-state index < -0.39 is 0 Å². The average molecular weight is 395 g/mol. The van der Waals surface area contributed by atoms with Gasteiger partial charge in [-0.3, -0.25) is 0 Å². The Morgan fingerprint density at radius 3 is 2.26 bits per heavy atom. The van der Waals surface area contributed by atoms with E-state index in [1.807, 2.05) is 0 Å². The van der Waals surface area contributed by atoms with Gasteiger partial charge in [0.2, 0.25) is 0 Å². The Kier molecular flexibility index (Phi) is 5.78. The predicted molar refractivity (Wildman–Crippen MR) is 110 cm³/mol. The Bertz CT molecular complexity index is 527. The molecule has 4 saturated carbocycles. The minimum atomic E-state index is 0.0520. The molecule has 0 atom stereocenters. The number of nitrogens with zero attached hydrogens (tertiary/aromatic N) is 1. The van der Waals surface area contributed by atoms with Crippen LogP contribution in [-0.4, -0.2) is 61.0 Å². The maximum atomic E-state index is 12.7. The van der Waals surface area contributed by atoms with Crippen molar-refractivity contribution in [1.82, 2.24) is 20.9 Å². The lowest BCUT2D eigenvalue weighted by molar-refractivity contribution is -0.0137. The summed E-state index contributed by atoms with van der Waals surface area (Å²) in [5.41, 5.74) is 0.0897. The summed E-state index contributed by atoms with van der Waals surface area (Å²) in [6.45, 7) is 3.17. The molecule has 5 fully saturated rings. The standard InChI is InChI=1S/C20H34N4O2S/c1-26-7-4-21-19(27)24-5-2-17(3-6-24)22-18(25)23-20-11-14-8-15(12-20)10-16(9-14)13-20/h14-17H,2-13H2,1H3,(H,21,27)(H2,22,23,25). The second-order valence-electron chi connectivity index (χ2n) is 9.28. The third-order valence-electron chi connectivity index (χ3n) is 7.12. The Labute approximate surface area is 168 Å². The van der Waals surface area contributed by atoms with E-state index in [9.17, 15) is 4.79 Å². The van der Waals surface area contributed by atoms with Gasteiger partial charge in [0.1, 0.15) is 0 Å². The highest BCUT2D eigenvalue weighted by molar-refractivity contribution is 7.80. The van der Waals surface area contributed by atoms with Gasteiger partial charge in [-0.05, 0) is 81.3 Å². The molecule has 1 aliphatic heterocycles. The lowest BCUT2D eigenvalue weighted by Crippen LogP contribution is -2.62. The van der Waals surface area contributed by atoms with Crippen LogP contribution in [-0.2, 0) is 4.74 Å². The highest BCUT2D eigenvalue weighted by Crippen LogP contribution is 2.55. The monoisotopic (exact) mass is 394 g/mol. The number of nitrogens with one attached hydrogen (secondary N) is 3. The van der Waals surface area contributed by atoms with Gasteiger partial charge in [0.15, 0.2) is 5.11 Å². The first kappa shape index (κ1) is 19.2. The van der Waals surface area contributed by atoms with E-state index in [4.69, 9.17) is 17.0 Å². The van der Waals surface area contributed by atoms with Crippen LogP contribution in [0.5, 0.6) is 0 Å². The van der Waals surface area contributed by atoms with Gasteiger partial charge in [-0.15, -0.1) is 0 Å². The van der Waals surface area contributed by atoms with Crippen LogP contribution in [0.3, 0.4) is 0 Å². The summed E-state index contributed by atoms with van der Waals surface area (Å²) < 4.78 is 5.05. The number of ether oxygens (including phenoxy) is 1. The van der Waals surface area contributed by atoms with Crippen LogP contribution in [0.2, 0.25) is 0 Å². The number of thiocarbonyl (C=S) groups is 1. The molecule has 7 heteroatoms. The van der Waals surface area contributed by atoms with Crippen molar-refractivity contribution >= 4 is 23.4 Å². The van der Waals surface area contributed by atoms with Crippen molar-refractivity contribution in [3.63, 3.8) is 0 Å². The second kappa shape index (κ2) is 8.11. The third-order valence-corrected chi connectivity index (χ3v) is 7.52. The molecule has 6 nitrogen and oxygen atoms in total. The summed E-state index contributed by atoms with van der Waals surface area (Å²) in [5.74, 6) is 2.56. The summed E-state index contributed by atoms with van der Waals surface area (Å²) in [5, 5.41) is 10.7. The quantitative estimate of drug-likeness (QED) is 0.493. The zero-order chi connectivity index (χ0) is 18.9. The molecule has 0 spiro atoms. The van der Waals surface area contributed by atoms with Gasteiger partial charge in [0, 0.05) is 38.3 Å². The molecule has 3 N–H and O–H groups in total. The van der Waals surface area contributed by atoms with Crippen LogP contribution < -0.4 is 16.0 Å². The Hall–Kier alpha value is -1.08. The first-order valence-corrected chi connectivity index (χ1v) is 11.1. The van der Waals surface area contributed by atoms with Crippen LogP contribution in [0.4, 0.5) is 4.79 Å². The van der Waals surface area contributed by atoms with Crippen molar-refractivity contribution < 1.29 is 9.53 Å². The van der Waals surface area contributed by atoms with Crippen molar-refractivity contribution in [3.8, 4) is 0 Å². The molecule has 0 aromatic carbocycles. The first-order valence-electron chi connectivity index (χ1n) is 10.7. The normalized spacial score (nSPS) is 35.1. The van der Waals surface area contributed by atoms with E-state index in [-0.39, 0.29) is 17.6 Å². The molecule has 0 aromatic heterocycles. The van der Waals surface area contributed by atoms with Gasteiger partial charge in [-0.25, -0.2) is 4.79 Å². The number of carbonyl (C=O) groups is 1. The molecule has 1 saturated heterocycles. The second-order valence-corrected chi connectivity index (χ2v) is 9.67. The zero-order valence-corrected chi connectivity index (χ0v) is 17.3. The first-order chi connectivity index (χ1) is 13.0. The molecule has 0 aromatic rings. The molecule has 4 aliphatic carbocycles. The van der Waals surface area contributed by atoms with E-state index in [0.717, 1.165) is 55.3 Å². The van der Waals surface area contributed by atoms with E-state index in [1.54, 1.807) is 7.11 Å². The molecule has 5 aliphatic rings. The SMILES string of the molecule is COCCNC(=S)N1CCC(NC(=O)NC23CC4CC(CC(C4)C2)C3)CC1. The summed E-state index contributed by atoms with van der Waals surface area (Å²) in [4.78, 5) is 14.9. The van der Waals surface area contributed by atoms with Gasteiger partial charge in [0.25, 0.3) is 0 Å². The number of carbonyl (C=O) groups excluding carboxylic acids is 1. The van der Waals surface area contributed by atoms with Crippen molar-refractivity contribution in [2.75, 3.05) is 33.4 Å².